The lowest BCUT2D eigenvalue weighted by molar-refractivity contribution is -0.133. The summed E-state index contributed by atoms with van der Waals surface area (Å²) in [6, 6.07) is 6.64. The Balaban J connectivity index is 1.76. The molecule has 0 aromatic heterocycles. The zero-order valence-electron chi connectivity index (χ0n) is 16.6. The van der Waals surface area contributed by atoms with E-state index in [1.807, 2.05) is 11.0 Å². The Hall–Kier alpha value is -2.12. The fourth-order valence-electron chi connectivity index (χ4n) is 3.50. The largest absolute Gasteiger partial charge is 0.491 e. The number of para-hydroxylation sites is 1. The van der Waals surface area contributed by atoms with Crippen molar-refractivity contribution in [1.82, 2.24) is 15.5 Å². The molecule has 2 N–H and O–H groups in total. The molecule has 1 saturated heterocycles. The Morgan fingerprint density at radius 1 is 1.11 bits per heavy atom. The third kappa shape index (κ3) is 5.69. The van der Waals surface area contributed by atoms with E-state index in [4.69, 9.17) is 9.47 Å². The van der Waals surface area contributed by atoms with Gasteiger partial charge in [-0.1, -0.05) is 12.1 Å². The third-order valence-corrected chi connectivity index (χ3v) is 5.13. The van der Waals surface area contributed by atoms with Crippen LogP contribution in [0.1, 0.15) is 43.0 Å². The lowest BCUT2D eigenvalue weighted by Gasteiger charge is -2.24. The first-order chi connectivity index (χ1) is 13.6. The highest BCUT2D eigenvalue weighted by Gasteiger charge is 2.29. The summed E-state index contributed by atoms with van der Waals surface area (Å²) in [6.45, 7) is 5.65. The molecule has 1 fully saturated rings. The van der Waals surface area contributed by atoms with Crippen LogP contribution in [0.25, 0.3) is 0 Å². The summed E-state index contributed by atoms with van der Waals surface area (Å²) in [7, 11) is 0. The Labute approximate surface area is 166 Å². The van der Waals surface area contributed by atoms with Crippen LogP contribution < -0.4 is 15.4 Å². The average molecular weight is 389 g/mol. The second-order valence-corrected chi connectivity index (χ2v) is 7.50. The summed E-state index contributed by atoms with van der Waals surface area (Å²) in [4.78, 5) is 27.6. The molecule has 0 unspecified atom stereocenters. The van der Waals surface area contributed by atoms with E-state index in [1.54, 1.807) is 18.2 Å². The van der Waals surface area contributed by atoms with Crippen LogP contribution in [0.4, 0.5) is 0 Å². The van der Waals surface area contributed by atoms with Crippen LogP contribution in [0.2, 0.25) is 0 Å². The highest BCUT2D eigenvalue weighted by molar-refractivity contribution is 5.99. The number of hydrogen-bond acceptors (Lipinski definition) is 5. The van der Waals surface area contributed by atoms with Crippen molar-refractivity contribution in [3.8, 4) is 5.75 Å². The van der Waals surface area contributed by atoms with E-state index in [0.717, 1.165) is 45.3 Å². The standard InChI is InChI=1S/C21H31N3O4/c1-16-14-28-19-9-3-2-8-17(19)20(25)23-18(15-27-13-7-4-10-22-16)21(26)24-11-5-6-12-24/h2-3,8-9,16,18,22H,4-7,10-15H2,1H3,(H,23,25)/t16-,18+/m0/s1. The summed E-state index contributed by atoms with van der Waals surface area (Å²) in [6.07, 6.45) is 3.90. The molecule has 0 saturated carbocycles. The third-order valence-electron chi connectivity index (χ3n) is 5.13. The van der Waals surface area contributed by atoms with Gasteiger partial charge < -0.3 is 25.0 Å². The summed E-state index contributed by atoms with van der Waals surface area (Å²) < 4.78 is 11.6. The van der Waals surface area contributed by atoms with Crippen LogP contribution in [0.3, 0.4) is 0 Å². The molecule has 0 spiro atoms. The van der Waals surface area contributed by atoms with Crippen molar-refractivity contribution < 1.29 is 19.1 Å². The molecule has 0 radical (unpaired) electrons. The molecule has 2 amide bonds. The smallest absolute Gasteiger partial charge is 0.255 e. The van der Waals surface area contributed by atoms with Crippen molar-refractivity contribution in [3.63, 3.8) is 0 Å². The summed E-state index contributed by atoms with van der Waals surface area (Å²) >= 11 is 0. The van der Waals surface area contributed by atoms with Crippen molar-refractivity contribution in [2.75, 3.05) is 39.5 Å². The number of nitrogens with one attached hydrogen (secondary N) is 2. The van der Waals surface area contributed by atoms with Gasteiger partial charge in [-0.25, -0.2) is 0 Å². The molecular formula is C21H31N3O4. The van der Waals surface area contributed by atoms with Gasteiger partial charge in [0, 0.05) is 25.7 Å². The van der Waals surface area contributed by atoms with Gasteiger partial charge in [0.15, 0.2) is 0 Å². The molecule has 2 aliphatic rings. The zero-order valence-corrected chi connectivity index (χ0v) is 16.6. The first-order valence-electron chi connectivity index (χ1n) is 10.3. The van der Waals surface area contributed by atoms with Crippen molar-refractivity contribution in [2.45, 2.75) is 44.7 Å². The second kappa shape index (κ2) is 10.4. The number of ether oxygens (including phenoxy) is 2. The van der Waals surface area contributed by atoms with Crippen LogP contribution in [0.5, 0.6) is 5.75 Å². The first kappa shape index (κ1) is 20.6. The van der Waals surface area contributed by atoms with Crippen LogP contribution in [0.15, 0.2) is 24.3 Å². The highest BCUT2D eigenvalue weighted by atomic mass is 16.5. The van der Waals surface area contributed by atoms with Crippen LogP contribution in [-0.2, 0) is 9.53 Å². The van der Waals surface area contributed by atoms with Gasteiger partial charge in [0.25, 0.3) is 5.91 Å². The number of rotatable bonds is 1. The molecule has 2 aliphatic heterocycles. The fourth-order valence-corrected chi connectivity index (χ4v) is 3.50. The maximum absolute atomic E-state index is 12.9. The van der Waals surface area contributed by atoms with Gasteiger partial charge in [-0.3, -0.25) is 9.59 Å². The van der Waals surface area contributed by atoms with Crippen molar-refractivity contribution in [3.05, 3.63) is 29.8 Å². The Morgan fingerprint density at radius 3 is 2.71 bits per heavy atom. The van der Waals surface area contributed by atoms with Crippen LogP contribution >= 0.6 is 0 Å². The van der Waals surface area contributed by atoms with Crippen molar-refractivity contribution in [1.29, 1.82) is 0 Å². The first-order valence-corrected chi connectivity index (χ1v) is 10.3. The zero-order chi connectivity index (χ0) is 19.8. The number of benzene rings is 1. The topological polar surface area (TPSA) is 79.9 Å². The minimum absolute atomic E-state index is 0.0659. The van der Waals surface area contributed by atoms with E-state index in [-0.39, 0.29) is 24.5 Å². The molecule has 2 heterocycles. The van der Waals surface area contributed by atoms with Gasteiger partial charge in [0.1, 0.15) is 18.4 Å². The molecule has 1 aromatic rings. The molecule has 7 nitrogen and oxygen atoms in total. The monoisotopic (exact) mass is 389 g/mol. The fraction of sp³-hybridized carbons (Fsp3) is 0.619. The number of fused-ring (bicyclic) bond motifs is 1. The lowest BCUT2D eigenvalue weighted by atomic mass is 10.1. The number of carbonyl (C=O) groups excluding carboxylic acids is 2. The Bertz CT molecular complexity index is 661. The highest BCUT2D eigenvalue weighted by Crippen LogP contribution is 2.19. The van der Waals surface area contributed by atoms with E-state index in [1.165, 1.54) is 0 Å². The van der Waals surface area contributed by atoms with Gasteiger partial charge in [-0.15, -0.1) is 0 Å². The summed E-state index contributed by atoms with van der Waals surface area (Å²) in [5.74, 6) is 0.146. The Kier molecular flexibility index (Phi) is 7.68. The molecule has 0 bridgehead atoms. The van der Waals surface area contributed by atoms with E-state index >= 15 is 0 Å². The minimum atomic E-state index is -0.680. The number of amides is 2. The van der Waals surface area contributed by atoms with Crippen molar-refractivity contribution in [2.24, 2.45) is 0 Å². The number of likely N-dealkylation sites (tertiary alicyclic amines) is 1. The minimum Gasteiger partial charge on any atom is -0.491 e. The van der Waals surface area contributed by atoms with E-state index in [0.29, 0.717) is 24.5 Å². The van der Waals surface area contributed by atoms with Gasteiger partial charge in [-0.05, 0) is 51.3 Å². The quantitative estimate of drug-likeness (QED) is 0.762. The maximum Gasteiger partial charge on any atom is 0.255 e. The predicted octanol–water partition coefficient (Wildman–Crippen LogP) is 1.57. The van der Waals surface area contributed by atoms with Gasteiger partial charge in [0.05, 0.1) is 12.2 Å². The number of hydrogen-bond donors (Lipinski definition) is 2. The van der Waals surface area contributed by atoms with E-state index in [2.05, 4.69) is 17.6 Å². The molecule has 7 heteroatoms. The summed E-state index contributed by atoms with van der Waals surface area (Å²) in [5, 5.41) is 6.30. The molecule has 3 rings (SSSR count). The molecule has 1 aromatic carbocycles. The molecule has 28 heavy (non-hydrogen) atoms. The average Bonchev–Trinajstić information content (AvgIpc) is 3.24. The molecule has 154 valence electrons. The number of carbonyl (C=O) groups is 2. The maximum atomic E-state index is 12.9. The van der Waals surface area contributed by atoms with E-state index < -0.39 is 6.04 Å². The van der Waals surface area contributed by atoms with Gasteiger partial charge >= 0.3 is 0 Å². The van der Waals surface area contributed by atoms with Gasteiger partial charge in [0.2, 0.25) is 5.91 Å². The SMILES string of the molecule is C[C@H]1COc2ccccc2C(=O)N[C@@H](C(=O)N2CCCC2)COCCCCN1. The predicted molar refractivity (Wildman–Crippen MR) is 107 cm³/mol. The lowest BCUT2D eigenvalue weighted by Crippen LogP contribution is -2.50. The second-order valence-electron chi connectivity index (χ2n) is 7.50. The van der Waals surface area contributed by atoms with Gasteiger partial charge in [-0.2, -0.15) is 0 Å². The molecular weight excluding hydrogens is 358 g/mol. The van der Waals surface area contributed by atoms with Crippen molar-refractivity contribution >= 4 is 11.8 Å². The molecule has 0 aliphatic carbocycles. The van der Waals surface area contributed by atoms with Crippen LogP contribution in [-0.4, -0.2) is 68.3 Å². The summed E-state index contributed by atoms with van der Waals surface area (Å²) in [5.41, 5.74) is 0.434. The molecule has 2 atom stereocenters. The van der Waals surface area contributed by atoms with E-state index in [9.17, 15) is 9.59 Å². The number of nitrogens with zero attached hydrogens (tertiary/aromatic N) is 1. The Morgan fingerprint density at radius 2 is 1.89 bits per heavy atom. The van der Waals surface area contributed by atoms with Crippen LogP contribution in [0, 0.1) is 0 Å². The normalized spacial score (nSPS) is 25.0.